The average Bonchev–Trinajstić information content (AvgIpc) is 2.71. The van der Waals surface area contributed by atoms with Crippen LogP contribution in [-0.2, 0) is 6.54 Å². The third-order valence-corrected chi connectivity index (χ3v) is 1.97. The van der Waals surface area contributed by atoms with Crippen LogP contribution in [-0.4, -0.2) is 9.78 Å². The number of aromatic nitrogens is 2. The molecule has 0 unspecified atom stereocenters. The zero-order valence-electron chi connectivity index (χ0n) is 7.35. The van der Waals surface area contributed by atoms with E-state index in [1.807, 2.05) is 29.1 Å². The highest BCUT2D eigenvalue weighted by molar-refractivity contribution is 5.34. The van der Waals surface area contributed by atoms with Crippen molar-refractivity contribution in [2.45, 2.75) is 6.54 Å². The van der Waals surface area contributed by atoms with Gasteiger partial charge in [-0.15, -0.1) is 0 Å². The minimum atomic E-state index is 0.815. The SMILES string of the molecule is [NH3+]Cc1cccc(-n2cccn2)c1. The Morgan fingerprint density at radius 2 is 2.23 bits per heavy atom. The van der Waals surface area contributed by atoms with Crippen molar-refractivity contribution in [2.24, 2.45) is 0 Å². The first-order valence-electron chi connectivity index (χ1n) is 4.28. The van der Waals surface area contributed by atoms with Crippen LogP contribution in [0.3, 0.4) is 0 Å². The molecule has 13 heavy (non-hydrogen) atoms. The summed E-state index contributed by atoms with van der Waals surface area (Å²) < 4.78 is 1.85. The van der Waals surface area contributed by atoms with E-state index in [2.05, 4.69) is 23.0 Å². The van der Waals surface area contributed by atoms with E-state index in [4.69, 9.17) is 0 Å². The highest BCUT2D eigenvalue weighted by Crippen LogP contribution is 2.08. The maximum Gasteiger partial charge on any atom is 0.0998 e. The molecule has 0 spiro atoms. The van der Waals surface area contributed by atoms with Crippen LogP contribution in [0.4, 0.5) is 0 Å². The maximum atomic E-state index is 4.16. The summed E-state index contributed by atoms with van der Waals surface area (Å²) in [6.45, 7) is 0.815. The van der Waals surface area contributed by atoms with Gasteiger partial charge in [0.15, 0.2) is 0 Å². The van der Waals surface area contributed by atoms with Crippen LogP contribution >= 0.6 is 0 Å². The molecule has 1 heterocycles. The molecule has 0 aliphatic heterocycles. The standard InChI is InChI=1S/C10H11N3/c11-8-9-3-1-4-10(7-9)13-6-2-5-12-13/h1-7H,8,11H2/p+1. The number of benzene rings is 1. The zero-order chi connectivity index (χ0) is 9.10. The Balaban J connectivity index is 2.41. The molecule has 1 aromatic heterocycles. The highest BCUT2D eigenvalue weighted by atomic mass is 15.3. The predicted molar refractivity (Wildman–Crippen MR) is 50.2 cm³/mol. The van der Waals surface area contributed by atoms with E-state index in [9.17, 15) is 0 Å². The van der Waals surface area contributed by atoms with Crippen LogP contribution in [0.2, 0.25) is 0 Å². The van der Waals surface area contributed by atoms with Gasteiger partial charge in [-0.3, -0.25) is 0 Å². The molecular formula is C10H12N3+. The van der Waals surface area contributed by atoms with Gasteiger partial charge in [0.2, 0.25) is 0 Å². The van der Waals surface area contributed by atoms with Gasteiger partial charge in [-0.2, -0.15) is 5.10 Å². The molecule has 0 bridgehead atoms. The molecule has 2 rings (SSSR count). The summed E-state index contributed by atoms with van der Waals surface area (Å²) >= 11 is 0. The van der Waals surface area contributed by atoms with Crippen molar-refractivity contribution in [3.05, 3.63) is 48.3 Å². The fourth-order valence-corrected chi connectivity index (χ4v) is 1.28. The molecular weight excluding hydrogens is 162 g/mol. The van der Waals surface area contributed by atoms with Crippen LogP contribution in [0.15, 0.2) is 42.7 Å². The normalized spacial score (nSPS) is 10.2. The van der Waals surface area contributed by atoms with Gasteiger partial charge in [-0.05, 0) is 18.2 Å². The second kappa shape index (κ2) is 3.41. The summed E-state index contributed by atoms with van der Waals surface area (Å²) in [4.78, 5) is 0. The van der Waals surface area contributed by atoms with Crippen molar-refractivity contribution in [3.8, 4) is 5.69 Å². The lowest BCUT2D eigenvalue weighted by Crippen LogP contribution is -2.47. The lowest BCUT2D eigenvalue weighted by Gasteiger charge is -2.01. The molecule has 0 aliphatic carbocycles. The minimum absolute atomic E-state index is 0.815. The van der Waals surface area contributed by atoms with Crippen molar-refractivity contribution in [1.29, 1.82) is 0 Å². The summed E-state index contributed by atoms with van der Waals surface area (Å²) in [5.74, 6) is 0. The highest BCUT2D eigenvalue weighted by Gasteiger charge is 1.97. The van der Waals surface area contributed by atoms with E-state index in [-0.39, 0.29) is 0 Å². The molecule has 0 atom stereocenters. The topological polar surface area (TPSA) is 45.5 Å². The fourth-order valence-electron chi connectivity index (χ4n) is 1.28. The van der Waals surface area contributed by atoms with Gasteiger partial charge in [-0.25, -0.2) is 4.68 Å². The summed E-state index contributed by atoms with van der Waals surface area (Å²) in [7, 11) is 0. The van der Waals surface area contributed by atoms with Gasteiger partial charge in [0, 0.05) is 18.0 Å². The van der Waals surface area contributed by atoms with Crippen molar-refractivity contribution >= 4 is 0 Å². The van der Waals surface area contributed by atoms with Crippen LogP contribution < -0.4 is 5.73 Å². The Morgan fingerprint density at radius 3 is 2.92 bits per heavy atom. The van der Waals surface area contributed by atoms with E-state index in [1.54, 1.807) is 6.20 Å². The Bertz CT molecular complexity index is 379. The van der Waals surface area contributed by atoms with Gasteiger partial charge < -0.3 is 5.73 Å². The quantitative estimate of drug-likeness (QED) is 0.712. The number of rotatable bonds is 2. The molecule has 0 saturated carbocycles. The summed E-state index contributed by atoms with van der Waals surface area (Å²) in [5, 5.41) is 4.16. The molecule has 3 N–H and O–H groups in total. The second-order valence-corrected chi connectivity index (χ2v) is 2.87. The van der Waals surface area contributed by atoms with Gasteiger partial charge in [-0.1, -0.05) is 12.1 Å². The molecule has 3 heteroatoms. The Labute approximate surface area is 76.8 Å². The van der Waals surface area contributed by atoms with Crippen LogP contribution in [0.1, 0.15) is 5.56 Å². The molecule has 2 aromatic rings. The lowest BCUT2D eigenvalue weighted by atomic mass is 10.2. The fraction of sp³-hybridized carbons (Fsp3) is 0.100. The van der Waals surface area contributed by atoms with E-state index in [0.29, 0.717) is 0 Å². The number of quaternary nitrogens is 1. The molecule has 0 amide bonds. The molecule has 0 saturated heterocycles. The number of hydrogen-bond donors (Lipinski definition) is 1. The average molecular weight is 174 g/mol. The van der Waals surface area contributed by atoms with E-state index in [0.717, 1.165) is 12.2 Å². The van der Waals surface area contributed by atoms with Crippen LogP contribution in [0.5, 0.6) is 0 Å². The van der Waals surface area contributed by atoms with Crippen LogP contribution in [0.25, 0.3) is 5.69 Å². The van der Waals surface area contributed by atoms with E-state index < -0.39 is 0 Å². The lowest BCUT2D eigenvalue weighted by molar-refractivity contribution is -0.386. The molecule has 3 nitrogen and oxygen atoms in total. The first-order valence-corrected chi connectivity index (χ1v) is 4.28. The smallest absolute Gasteiger partial charge is 0.0998 e. The Hall–Kier alpha value is -1.61. The largest absolute Gasteiger partial charge is 0.354 e. The van der Waals surface area contributed by atoms with Crippen molar-refractivity contribution in [1.82, 2.24) is 9.78 Å². The third kappa shape index (κ3) is 1.60. The predicted octanol–water partition coefficient (Wildman–Crippen LogP) is 0.614. The van der Waals surface area contributed by atoms with Gasteiger partial charge in [0.25, 0.3) is 0 Å². The minimum Gasteiger partial charge on any atom is -0.354 e. The molecule has 0 radical (unpaired) electrons. The zero-order valence-corrected chi connectivity index (χ0v) is 7.35. The molecule has 0 fully saturated rings. The van der Waals surface area contributed by atoms with E-state index >= 15 is 0 Å². The monoisotopic (exact) mass is 174 g/mol. The summed E-state index contributed by atoms with van der Waals surface area (Å²) in [6.07, 6.45) is 3.71. The van der Waals surface area contributed by atoms with Gasteiger partial charge >= 0.3 is 0 Å². The summed E-state index contributed by atoms with van der Waals surface area (Å²) in [5.41, 5.74) is 6.17. The molecule has 66 valence electrons. The van der Waals surface area contributed by atoms with Crippen LogP contribution in [0, 0.1) is 0 Å². The maximum absolute atomic E-state index is 4.16. The Morgan fingerprint density at radius 1 is 1.31 bits per heavy atom. The first-order chi connectivity index (χ1) is 6.40. The third-order valence-electron chi connectivity index (χ3n) is 1.97. The molecule has 1 aromatic carbocycles. The molecule has 0 aliphatic rings. The second-order valence-electron chi connectivity index (χ2n) is 2.87. The number of nitrogens with zero attached hydrogens (tertiary/aromatic N) is 2. The Kier molecular flexibility index (Phi) is 2.10. The van der Waals surface area contributed by atoms with E-state index in [1.165, 1.54) is 5.56 Å². The van der Waals surface area contributed by atoms with Gasteiger partial charge in [0.05, 0.1) is 12.2 Å². The summed E-state index contributed by atoms with van der Waals surface area (Å²) in [6, 6.07) is 10.1. The van der Waals surface area contributed by atoms with Crippen molar-refractivity contribution < 1.29 is 5.73 Å². The van der Waals surface area contributed by atoms with Gasteiger partial charge in [0.1, 0.15) is 0 Å². The first kappa shape index (κ1) is 8.01. The van der Waals surface area contributed by atoms with Crippen molar-refractivity contribution in [3.63, 3.8) is 0 Å². The number of hydrogen-bond acceptors (Lipinski definition) is 1. The van der Waals surface area contributed by atoms with Crippen molar-refractivity contribution in [2.75, 3.05) is 0 Å².